The smallest absolute Gasteiger partial charge is 0.278 e. The van der Waals surface area contributed by atoms with Gasteiger partial charge in [0.2, 0.25) is 0 Å². The number of nitrogens with zero attached hydrogens (tertiary/aromatic N) is 4. The minimum absolute atomic E-state index is 0.377. The molecular formula is C10H13N5O. The molecule has 6 nitrogen and oxygen atoms in total. The fourth-order valence-electron chi connectivity index (χ4n) is 1.19. The van der Waals surface area contributed by atoms with E-state index in [-0.39, 0.29) is 0 Å². The number of hydrogen-bond acceptors (Lipinski definition) is 6. The van der Waals surface area contributed by atoms with Crippen molar-refractivity contribution in [2.24, 2.45) is 0 Å². The van der Waals surface area contributed by atoms with Gasteiger partial charge in [-0.3, -0.25) is 0 Å². The topological polar surface area (TPSA) is 81.1 Å². The number of nitrogen functional groups attached to an aromatic ring is 1. The Labute approximate surface area is 93.1 Å². The van der Waals surface area contributed by atoms with Gasteiger partial charge in [-0.1, -0.05) is 6.07 Å². The lowest BCUT2D eigenvalue weighted by atomic mass is 10.3. The molecule has 0 aliphatic rings. The number of hydrogen-bond donors (Lipinski definition) is 1. The molecule has 84 valence electrons. The molecule has 2 heterocycles. The molecule has 2 rings (SSSR count). The van der Waals surface area contributed by atoms with Gasteiger partial charge in [0.15, 0.2) is 0 Å². The van der Waals surface area contributed by atoms with Crippen molar-refractivity contribution in [2.75, 3.05) is 24.2 Å². The van der Waals surface area contributed by atoms with Gasteiger partial charge in [-0.15, -0.1) is 0 Å². The van der Waals surface area contributed by atoms with Gasteiger partial charge in [0.1, 0.15) is 11.5 Å². The van der Waals surface area contributed by atoms with Crippen LogP contribution in [0.15, 0.2) is 22.7 Å². The summed E-state index contributed by atoms with van der Waals surface area (Å²) in [5.74, 6) is 1.35. The molecule has 0 amide bonds. The zero-order valence-electron chi connectivity index (χ0n) is 9.21. The molecule has 0 aromatic carbocycles. The summed E-state index contributed by atoms with van der Waals surface area (Å²) in [5.41, 5.74) is 6.16. The first-order valence-corrected chi connectivity index (χ1v) is 4.98. The SMILES string of the molecule is CCN(C)c1noc(-c2cccc(N)n2)n1. The molecule has 0 saturated carbocycles. The van der Waals surface area contributed by atoms with Crippen molar-refractivity contribution in [3.63, 3.8) is 0 Å². The molecule has 0 bridgehead atoms. The lowest BCUT2D eigenvalue weighted by Gasteiger charge is -2.08. The number of rotatable bonds is 3. The second-order valence-electron chi connectivity index (χ2n) is 3.36. The second-order valence-corrected chi connectivity index (χ2v) is 3.36. The first-order valence-electron chi connectivity index (χ1n) is 4.98. The quantitative estimate of drug-likeness (QED) is 0.834. The monoisotopic (exact) mass is 219 g/mol. The molecule has 16 heavy (non-hydrogen) atoms. The highest BCUT2D eigenvalue weighted by Gasteiger charge is 2.12. The zero-order chi connectivity index (χ0) is 11.5. The summed E-state index contributed by atoms with van der Waals surface area (Å²) < 4.78 is 5.11. The van der Waals surface area contributed by atoms with Crippen LogP contribution in [-0.4, -0.2) is 28.7 Å². The highest BCUT2D eigenvalue weighted by Crippen LogP contribution is 2.18. The molecule has 2 N–H and O–H groups in total. The molecule has 2 aromatic heterocycles. The lowest BCUT2D eigenvalue weighted by molar-refractivity contribution is 0.429. The number of pyridine rings is 1. The number of nitrogens with two attached hydrogens (primary N) is 1. The van der Waals surface area contributed by atoms with Gasteiger partial charge in [-0.2, -0.15) is 4.98 Å². The summed E-state index contributed by atoms with van der Waals surface area (Å²) >= 11 is 0. The molecule has 0 atom stereocenters. The second kappa shape index (κ2) is 4.18. The largest absolute Gasteiger partial charge is 0.384 e. The van der Waals surface area contributed by atoms with E-state index in [2.05, 4.69) is 15.1 Å². The molecule has 0 aliphatic carbocycles. The van der Waals surface area contributed by atoms with Crippen LogP contribution in [0.3, 0.4) is 0 Å². The molecule has 0 aliphatic heterocycles. The lowest BCUT2D eigenvalue weighted by Crippen LogP contribution is -2.16. The standard InChI is InChI=1S/C10H13N5O/c1-3-15(2)10-13-9(16-14-10)7-5-4-6-8(11)12-7/h4-6H,3H2,1-2H3,(H2,11,12). The number of anilines is 2. The van der Waals surface area contributed by atoms with Gasteiger partial charge in [0.05, 0.1) is 0 Å². The molecule has 0 fully saturated rings. The molecule has 0 radical (unpaired) electrons. The summed E-state index contributed by atoms with van der Waals surface area (Å²) in [4.78, 5) is 10.2. The van der Waals surface area contributed by atoms with E-state index in [0.717, 1.165) is 6.54 Å². The van der Waals surface area contributed by atoms with E-state index in [1.165, 1.54) is 0 Å². The maximum atomic E-state index is 5.58. The first-order chi connectivity index (χ1) is 7.70. The van der Waals surface area contributed by atoms with Crippen LogP contribution in [0.5, 0.6) is 0 Å². The third-order valence-electron chi connectivity index (χ3n) is 2.22. The van der Waals surface area contributed by atoms with Gasteiger partial charge in [0, 0.05) is 13.6 Å². The van der Waals surface area contributed by atoms with Gasteiger partial charge in [-0.05, 0) is 24.2 Å². The highest BCUT2D eigenvalue weighted by atomic mass is 16.5. The van der Waals surface area contributed by atoms with Gasteiger partial charge in [-0.25, -0.2) is 4.98 Å². The summed E-state index contributed by atoms with van der Waals surface area (Å²) in [6.07, 6.45) is 0. The molecule has 2 aromatic rings. The van der Waals surface area contributed by atoms with Gasteiger partial charge < -0.3 is 15.2 Å². The Morgan fingerprint density at radius 1 is 1.38 bits per heavy atom. The predicted molar refractivity (Wildman–Crippen MR) is 60.9 cm³/mol. The van der Waals surface area contributed by atoms with Gasteiger partial charge in [0.25, 0.3) is 11.8 Å². The summed E-state index contributed by atoms with van der Waals surface area (Å²) in [5, 5.41) is 3.85. The van der Waals surface area contributed by atoms with Crippen LogP contribution < -0.4 is 10.6 Å². The van der Waals surface area contributed by atoms with Crippen LogP contribution >= 0.6 is 0 Å². The average molecular weight is 219 g/mol. The average Bonchev–Trinajstić information content (AvgIpc) is 2.77. The normalized spacial score (nSPS) is 10.4. The van der Waals surface area contributed by atoms with Crippen molar-refractivity contribution >= 4 is 11.8 Å². The Hall–Kier alpha value is -2.11. The Bertz CT molecular complexity index is 482. The predicted octanol–water partition coefficient (Wildman–Crippen LogP) is 1.17. The van der Waals surface area contributed by atoms with Crippen molar-refractivity contribution in [1.29, 1.82) is 0 Å². The van der Waals surface area contributed by atoms with E-state index < -0.39 is 0 Å². The van der Waals surface area contributed by atoms with E-state index in [0.29, 0.717) is 23.4 Å². The Morgan fingerprint density at radius 2 is 2.19 bits per heavy atom. The first kappa shape index (κ1) is 10.4. The molecule has 0 unspecified atom stereocenters. The van der Waals surface area contributed by atoms with Crippen molar-refractivity contribution < 1.29 is 4.52 Å². The molecular weight excluding hydrogens is 206 g/mol. The van der Waals surface area contributed by atoms with E-state index in [4.69, 9.17) is 10.3 Å². The van der Waals surface area contributed by atoms with E-state index in [1.54, 1.807) is 18.2 Å². The van der Waals surface area contributed by atoms with Crippen molar-refractivity contribution in [3.8, 4) is 11.6 Å². The maximum Gasteiger partial charge on any atom is 0.278 e. The van der Waals surface area contributed by atoms with Crippen LogP contribution in [-0.2, 0) is 0 Å². The minimum atomic E-state index is 0.377. The van der Waals surface area contributed by atoms with Crippen LogP contribution in [0.2, 0.25) is 0 Å². The van der Waals surface area contributed by atoms with Crippen LogP contribution in [0.1, 0.15) is 6.92 Å². The summed E-state index contributed by atoms with van der Waals surface area (Å²) in [6, 6.07) is 5.28. The fraction of sp³-hybridized carbons (Fsp3) is 0.300. The van der Waals surface area contributed by atoms with Crippen LogP contribution in [0.25, 0.3) is 11.6 Å². The Kier molecular flexibility index (Phi) is 2.72. The molecule has 0 spiro atoms. The number of aromatic nitrogens is 3. The maximum absolute atomic E-state index is 5.58. The van der Waals surface area contributed by atoms with Crippen LogP contribution in [0, 0.1) is 0 Å². The molecule has 6 heteroatoms. The Balaban J connectivity index is 2.31. The zero-order valence-corrected chi connectivity index (χ0v) is 9.21. The van der Waals surface area contributed by atoms with E-state index >= 15 is 0 Å². The van der Waals surface area contributed by atoms with E-state index in [9.17, 15) is 0 Å². The van der Waals surface area contributed by atoms with Crippen molar-refractivity contribution in [2.45, 2.75) is 6.92 Å². The highest BCUT2D eigenvalue weighted by molar-refractivity contribution is 5.51. The third kappa shape index (κ3) is 1.95. The van der Waals surface area contributed by atoms with Crippen molar-refractivity contribution in [3.05, 3.63) is 18.2 Å². The summed E-state index contributed by atoms with van der Waals surface area (Å²) in [7, 11) is 1.89. The van der Waals surface area contributed by atoms with Crippen molar-refractivity contribution in [1.82, 2.24) is 15.1 Å². The summed E-state index contributed by atoms with van der Waals surface area (Å²) in [6.45, 7) is 2.82. The minimum Gasteiger partial charge on any atom is -0.384 e. The molecule has 0 saturated heterocycles. The Morgan fingerprint density at radius 3 is 2.88 bits per heavy atom. The van der Waals surface area contributed by atoms with Gasteiger partial charge >= 0.3 is 0 Å². The fourth-order valence-corrected chi connectivity index (χ4v) is 1.19. The van der Waals surface area contributed by atoms with Crippen LogP contribution in [0.4, 0.5) is 11.8 Å². The third-order valence-corrected chi connectivity index (χ3v) is 2.22. The van der Waals surface area contributed by atoms with E-state index in [1.807, 2.05) is 18.9 Å².